The highest BCUT2D eigenvalue weighted by Crippen LogP contribution is 2.76. The molecule has 8 aliphatic rings. The lowest BCUT2D eigenvalue weighted by Crippen LogP contribution is -2.68. The summed E-state index contributed by atoms with van der Waals surface area (Å²) >= 11 is 0. The molecule has 20 nitrogen and oxygen atoms in total. The third kappa shape index (κ3) is 7.78. The van der Waals surface area contributed by atoms with E-state index in [1.54, 1.807) is 6.92 Å². The number of fused-ring (bicyclic) bond motifs is 7. The maximum absolute atomic E-state index is 14.7. The van der Waals surface area contributed by atoms with Crippen molar-refractivity contribution in [2.75, 3.05) is 19.8 Å². The van der Waals surface area contributed by atoms with Crippen molar-refractivity contribution >= 4 is 11.9 Å². The topological polar surface area (TPSA) is 332 Å². The second kappa shape index (κ2) is 18.0. The van der Waals surface area contributed by atoms with Crippen LogP contribution < -0.4 is 0 Å². The van der Waals surface area contributed by atoms with Gasteiger partial charge in [-0.25, -0.2) is 0 Å². The molecular weight excluding hydrogens is 884 g/mol. The Morgan fingerprint density at radius 3 is 1.91 bits per heavy atom. The highest BCUT2D eigenvalue weighted by molar-refractivity contribution is 5.81. The molecule has 7 fully saturated rings. The molecule has 12 N–H and O–H groups in total. The molecule has 0 aromatic carbocycles. The fourth-order valence-corrected chi connectivity index (χ4v) is 14.9. The summed E-state index contributed by atoms with van der Waals surface area (Å²) in [6.07, 6.45) is -18.1. The lowest BCUT2D eigenvalue weighted by Gasteiger charge is -2.71. The molecule has 0 aromatic rings. The smallest absolute Gasteiger partial charge is 0.317 e. The third-order valence-electron chi connectivity index (χ3n) is 19.2. The van der Waals surface area contributed by atoms with Crippen LogP contribution in [0.2, 0.25) is 0 Å². The largest absolute Gasteiger partial charge is 0.481 e. The summed E-state index contributed by atoms with van der Waals surface area (Å²) in [5.41, 5.74) is -3.96. The highest BCUT2D eigenvalue weighted by Gasteiger charge is 2.72. The standard InChI is InChI=1S/C47H74O20/c1-42(2)25-9-12-45(5)26(44(25,4)11-10-28(42)65-37-35(58)36(22(50)19-62-37)66-38-33(56)31(54)29(52)23(17-48)63-38)8-7-20-21-15-43(3,40(59)60)13-14-47(21,27(51)16-46(20,45)6)41(61)67-39-34(57)32(55)30(53)24(18-49)64-39/h7,21-39,48-58H,8-19H2,1-6H3,(H,59,60)/t21-,22-,23+,24-,25-,26+,27+,28+,29-,30+,31-,32+,33-,34+,35+,36+,37+,38+,39+,43-,44-,45+,46+,47+/m1/s1. The Morgan fingerprint density at radius 2 is 1.30 bits per heavy atom. The van der Waals surface area contributed by atoms with E-state index in [1.807, 2.05) is 0 Å². The first-order valence-electron chi connectivity index (χ1n) is 24.0. The molecule has 5 aliphatic carbocycles. The van der Waals surface area contributed by atoms with E-state index < -0.39 is 156 Å². The van der Waals surface area contributed by atoms with Gasteiger partial charge in [0.25, 0.3) is 0 Å². The van der Waals surface area contributed by atoms with Crippen molar-refractivity contribution in [1.29, 1.82) is 0 Å². The number of aliphatic hydroxyl groups is 11. The average Bonchev–Trinajstić information content (AvgIpc) is 3.27. The van der Waals surface area contributed by atoms with E-state index in [0.717, 1.165) is 12.0 Å². The van der Waals surface area contributed by atoms with Gasteiger partial charge >= 0.3 is 11.9 Å². The number of carboxylic acid groups (broad SMARTS) is 1. The summed E-state index contributed by atoms with van der Waals surface area (Å²) in [5.74, 6) is -2.59. The molecule has 0 aromatic heterocycles. The molecule has 0 spiro atoms. The van der Waals surface area contributed by atoms with Gasteiger partial charge in [-0.2, -0.15) is 0 Å². The van der Waals surface area contributed by atoms with Crippen molar-refractivity contribution < 1.29 is 99.3 Å². The number of carbonyl (C=O) groups excluding carboxylic acids is 1. The summed E-state index contributed by atoms with van der Waals surface area (Å²) in [6, 6.07) is 0. The maximum atomic E-state index is 14.7. The van der Waals surface area contributed by atoms with Crippen LogP contribution in [-0.4, -0.2) is 191 Å². The lowest BCUT2D eigenvalue weighted by molar-refractivity contribution is -0.357. The second-order valence-electron chi connectivity index (χ2n) is 22.8. The minimum Gasteiger partial charge on any atom is -0.481 e. The molecule has 3 heterocycles. The molecule has 0 unspecified atom stereocenters. The minimum atomic E-state index is -1.87. The Kier molecular flexibility index (Phi) is 13.8. The fourth-order valence-electron chi connectivity index (χ4n) is 14.9. The van der Waals surface area contributed by atoms with Crippen molar-refractivity contribution in [3.63, 3.8) is 0 Å². The maximum Gasteiger partial charge on any atom is 0.317 e. The predicted molar refractivity (Wildman–Crippen MR) is 228 cm³/mol. The van der Waals surface area contributed by atoms with Crippen LogP contribution in [0.4, 0.5) is 0 Å². The van der Waals surface area contributed by atoms with Gasteiger partial charge in [0.1, 0.15) is 72.6 Å². The molecule has 8 rings (SSSR count). The van der Waals surface area contributed by atoms with Crippen molar-refractivity contribution in [3.8, 4) is 0 Å². The number of rotatable bonds is 9. The first kappa shape index (κ1) is 51.4. The fraction of sp³-hybridized carbons (Fsp3) is 0.915. The third-order valence-corrected chi connectivity index (χ3v) is 19.2. The lowest BCUT2D eigenvalue weighted by atomic mass is 9.33. The van der Waals surface area contributed by atoms with Gasteiger partial charge in [0.15, 0.2) is 12.6 Å². The number of ether oxygens (including phenoxy) is 6. The Morgan fingerprint density at radius 1 is 0.687 bits per heavy atom. The summed E-state index contributed by atoms with van der Waals surface area (Å²) in [4.78, 5) is 27.6. The molecule has 20 heteroatoms. The van der Waals surface area contributed by atoms with E-state index in [9.17, 15) is 70.9 Å². The van der Waals surface area contributed by atoms with Gasteiger partial charge in [-0.3, -0.25) is 9.59 Å². The van der Waals surface area contributed by atoms with E-state index in [1.165, 1.54) is 0 Å². The van der Waals surface area contributed by atoms with E-state index in [4.69, 9.17) is 28.4 Å². The summed E-state index contributed by atoms with van der Waals surface area (Å²) < 4.78 is 35.2. The van der Waals surface area contributed by atoms with Crippen LogP contribution in [0.25, 0.3) is 0 Å². The monoisotopic (exact) mass is 958 g/mol. The number of aliphatic carboxylic acids is 1. The first-order valence-corrected chi connectivity index (χ1v) is 24.0. The van der Waals surface area contributed by atoms with Gasteiger partial charge in [-0.15, -0.1) is 0 Å². The van der Waals surface area contributed by atoms with Crippen LogP contribution in [0.3, 0.4) is 0 Å². The van der Waals surface area contributed by atoms with Crippen molar-refractivity contribution in [3.05, 3.63) is 11.6 Å². The van der Waals surface area contributed by atoms with Gasteiger partial charge in [-0.05, 0) is 98.2 Å². The van der Waals surface area contributed by atoms with Crippen LogP contribution in [0.1, 0.15) is 99.3 Å². The van der Waals surface area contributed by atoms with Crippen LogP contribution in [-0.2, 0) is 38.0 Å². The van der Waals surface area contributed by atoms with Gasteiger partial charge in [-0.1, -0.05) is 46.3 Å². The highest BCUT2D eigenvalue weighted by atomic mass is 16.7. The molecule has 3 saturated heterocycles. The van der Waals surface area contributed by atoms with Crippen LogP contribution in [0.5, 0.6) is 0 Å². The summed E-state index contributed by atoms with van der Waals surface area (Å²) in [6.45, 7) is 10.9. The number of allylic oxidation sites excluding steroid dienone is 2. The normalized spacial score (nSPS) is 54.0. The molecule has 0 amide bonds. The zero-order valence-corrected chi connectivity index (χ0v) is 39.2. The summed E-state index contributed by atoms with van der Waals surface area (Å²) in [5, 5.41) is 128. The summed E-state index contributed by atoms with van der Waals surface area (Å²) in [7, 11) is 0. The van der Waals surface area contributed by atoms with E-state index in [2.05, 4.69) is 40.7 Å². The van der Waals surface area contributed by atoms with E-state index >= 15 is 0 Å². The predicted octanol–water partition coefficient (Wildman–Crippen LogP) is -1.18. The number of carbonyl (C=O) groups is 2. The minimum absolute atomic E-state index is 0.0256. The number of carboxylic acids is 1. The Balaban J connectivity index is 1.04. The number of hydrogen-bond donors (Lipinski definition) is 12. The molecule has 67 heavy (non-hydrogen) atoms. The Labute approximate surface area is 389 Å². The first-order chi connectivity index (χ1) is 31.3. The van der Waals surface area contributed by atoms with Crippen molar-refractivity contribution in [2.24, 2.45) is 50.2 Å². The van der Waals surface area contributed by atoms with E-state index in [0.29, 0.717) is 25.7 Å². The van der Waals surface area contributed by atoms with Crippen LogP contribution in [0, 0.1) is 50.2 Å². The van der Waals surface area contributed by atoms with E-state index in [-0.39, 0.29) is 49.5 Å². The zero-order valence-electron chi connectivity index (χ0n) is 39.2. The molecule has 0 bridgehead atoms. The van der Waals surface area contributed by atoms with Gasteiger partial charge in [0.05, 0.1) is 37.4 Å². The van der Waals surface area contributed by atoms with Crippen molar-refractivity contribution in [1.82, 2.24) is 0 Å². The van der Waals surface area contributed by atoms with Crippen LogP contribution >= 0.6 is 0 Å². The van der Waals surface area contributed by atoms with Gasteiger partial charge in [0.2, 0.25) is 6.29 Å². The quantitative estimate of drug-likeness (QED) is 0.0735. The molecule has 382 valence electrons. The number of hydrogen-bond acceptors (Lipinski definition) is 19. The molecule has 0 radical (unpaired) electrons. The molecule has 3 aliphatic heterocycles. The molecule has 24 atom stereocenters. The second-order valence-corrected chi connectivity index (χ2v) is 22.8. The van der Waals surface area contributed by atoms with Gasteiger partial charge in [0, 0.05) is 5.92 Å². The van der Waals surface area contributed by atoms with Crippen LogP contribution in [0.15, 0.2) is 11.6 Å². The zero-order chi connectivity index (χ0) is 49.1. The Hall–Kier alpha value is -1.96. The average molecular weight is 959 g/mol. The molecule has 4 saturated carbocycles. The Bertz CT molecular complexity index is 1880. The van der Waals surface area contributed by atoms with Gasteiger partial charge < -0.3 is 89.7 Å². The van der Waals surface area contributed by atoms with Crippen molar-refractivity contribution in [2.45, 2.75) is 198 Å². The SMILES string of the molecule is CC1(C)[C@@H](O[C@@H]2OC[C@@H](O)[C@H](O[C@@H]3O[C@@H](CO)[C@@H](O)[C@@H](O)[C@H]3O)[C@@H]2O)CC[C@]2(C)[C@@H]1CC[C@@]1(C)[C@H]2CC=C2[C@H]3C[C@](C)(C(=O)O)CC[C@@]3(C(=O)O[C@@H]3O[C@H](CO)[C@H](O)[C@H](O)[C@@H]3O)[C@@H](O)C[C@@]21C. The number of aliphatic hydroxyl groups excluding tert-OH is 11. The molecular formula is C47H74O20. The number of esters is 1.